The molecule has 0 aliphatic carbocycles. The Morgan fingerprint density at radius 1 is 1.03 bits per heavy atom. The van der Waals surface area contributed by atoms with Gasteiger partial charge in [-0.2, -0.15) is 0 Å². The number of amides is 3. The van der Waals surface area contributed by atoms with Gasteiger partial charge < -0.3 is 10.2 Å². The summed E-state index contributed by atoms with van der Waals surface area (Å²) >= 11 is 0. The van der Waals surface area contributed by atoms with Gasteiger partial charge in [-0.1, -0.05) is 42.5 Å². The average molecular weight is 472 g/mol. The number of fused-ring (bicyclic) bond motifs is 1. The Balaban J connectivity index is 1.79. The molecule has 1 atom stereocenters. The Morgan fingerprint density at radius 2 is 1.64 bits per heavy atom. The first-order valence-electron chi connectivity index (χ1n) is 10.7. The molecular formula is C24H29N3O5S. The minimum atomic E-state index is -4.00. The normalized spacial score (nSPS) is 15.6. The Hall–Kier alpha value is -3.20. The molecule has 1 aliphatic rings. The Labute approximate surface area is 194 Å². The van der Waals surface area contributed by atoms with Gasteiger partial charge >= 0.3 is 0 Å². The summed E-state index contributed by atoms with van der Waals surface area (Å²) in [6.45, 7) is 7.07. The van der Waals surface area contributed by atoms with Crippen LogP contribution in [0.2, 0.25) is 0 Å². The first-order valence-corrected chi connectivity index (χ1v) is 12.2. The molecule has 0 unspecified atom stereocenters. The highest BCUT2D eigenvalue weighted by Crippen LogP contribution is 2.30. The van der Waals surface area contributed by atoms with Crippen molar-refractivity contribution < 1.29 is 22.8 Å². The van der Waals surface area contributed by atoms with Crippen LogP contribution in [0.4, 0.5) is 0 Å². The number of rotatable bonds is 7. The maximum Gasteiger partial charge on any atom is 0.269 e. The Bertz CT molecular complexity index is 1160. The van der Waals surface area contributed by atoms with Crippen molar-refractivity contribution in [2.75, 3.05) is 6.54 Å². The number of nitrogens with one attached hydrogen (secondary N) is 1. The highest BCUT2D eigenvalue weighted by Gasteiger charge is 2.41. The standard InChI is InChI=1S/C24H29N3O5S/c1-17(22(29)25-24(2,3)4)26(16-18-10-6-5-7-11-18)21(28)14-15-27-23(30)19-12-8-9-13-20(19)33(27,31)32/h5-13,17H,14-16H2,1-4H3,(H,25,29)/t17-/m0/s1. The molecule has 9 heteroatoms. The minimum Gasteiger partial charge on any atom is -0.350 e. The van der Waals surface area contributed by atoms with Gasteiger partial charge in [0, 0.05) is 25.0 Å². The summed E-state index contributed by atoms with van der Waals surface area (Å²) in [5.74, 6) is -1.38. The van der Waals surface area contributed by atoms with Crippen LogP contribution >= 0.6 is 0 Å². The lowest BCUT2D eigenvalue weighted by molar-refractivity contribution is -0.141. The molecular weight excluding hydrogens is 442 g/mol. The monoisotopic (exact) mass is 471 g/mol. The molecule has 1 aliphatic heterocycles. The molecule has 1 heterocycles. The maximum absolute atomic E-state index is 13.2. The van der Waals surface area contributed by atoms with Gasteiger partial charge in [-0.3, -0.25) is 14.4 Å². The van der Waals surface area contributed by atoms with Gasteiger partial charge in [0.05, 0.1) is 5.56 Å². The molecule has 0 aromatic heterocycles. The summed E-state index contributed by atoms with van der Waals surface area (Å²) < 4.78 is 26.3. The molecule has 0 bridgehead atoms. The number of nitrogens with zero attached hydrogens (tertiary/aromatic N) is 2. The van der Waals surface area contributed by atoms with E-state index >= 15 is 0 Å². The SMILES string of the molecule is C[C@@H](C(=O)NC(C)(C)C)N(Cc1ccccc1)C(=O)CCN1C(=O)c2ccccc2S1(=O)=O. The first-order chi connectivity index (χ1) is 15.4. The van der Waals surface area contributed by atoms with Crippen molar-refractivity contribution in [1.29, 1.82) is 0 Å². The zero-order valence-electron chi connectivity index (χ0n) is 19.2. The van der Waals surface area contributed by atoms with E-state index < -0.39 is 33.4 Å². The number of sulfonamides is 1. The molecule has 0 saturated carbocycles. The van der Waals surface area contributed by atoms with Crippen LogP contribution in [-0.2, 0) is 26.2 Å². The molecule has 0 fully saturated rings. The second-order valence-electron chi connectivity index (χ2n) is 9.05. The van der Waals surface area contributed by atoms with Gasteiger partial charge in [0.1, 0.15) is 10.9 Å². The van der Waals surface area contributed by atoms with Crippen LogP contribution in [0.3, 0.4) is 0 Å². The summed E-state index contributed by atoms with van der Waals surface area (Å²) in [5, 5.41) is 2.88. The topological polar surface area (TPSA) is 104 Å². The third-order valence-electron chi connectivity index (χ3n) is 5.30. The quantitative estimate of drug-likeness (QED) is 0.668. The predicted octanol–water partition coefficient (Wildman–Crippen LogP) is 2.55. The third-order valence-corrected chi connectivity index (χ3v) is 7.14. The summed E-state index contributed by atoms with van der Waals surface area (Å²) in [6, 6.07) is 14.4. The molecule has 2 aromatic carbocycles. The van der Waals surface area contributed by atoms with E-state index in [1.807, 2.05) is 51.1 Å². The minimum absolute atomic E-state index is 0.0542. The molecule has 33 heavy (non-hydrogen) atoms. The van der Waals surface area contributed by atoms with Crippen molar-refractivity contribution in [3.63, 3.8) is 0 Å². The van der Waals surface area contributed by atoms with Gasteiger partial charge in [0.15, 0.2) is 0 Å². The van der Waals surface area contributed by atoms with E-state index in [1.54, 1.807) is 19.1 Å². The van der Waals surface area contributed by atoms with Crippen molar-refractivity contribution >= 4 is 27.7 Å². The van der Waals surface area contributed by atoms with Gasteiger partial charge in [0.25, 0.3) is 15.9 Å². The molecule has 2 aromatic rings. The van der Waals surface area contributed by atoms with Crippen LogP contribution in [0.1, 0.15) is 50.0 Å². The van der Waals surface area contributed by atoms with E-state index in [0.717, 1.165) is 9.87 Å². The number of carbonyl (C=O) groups excluding carboxylic acids is 3. The molecule has 3 amide bonds. The van der Waals surface area contributed by atoms with E-state index in [-0.39, 0.29) is 35.9 Å². The zero-order valence-corrected chi connectivity index (χ0v) is 20.1. The summed E-state index contributed by atoms with van der Waals surface area (Å²) in [7, 11) is -4.00. The van der Waals surface area contributed by atoms with Gasteiger partial charge in [-0.25, -0.2) is 12.7 Å². The highest BCUT2D eigenvalue weighted by atomic mass is 32.2. The van der Waals surface area contributed by atoms with Crippen molar-refractivity contribution in [3.05, 3.63) is 65.7 Å². The number of benzene rings is 2. The van der Waals surface area contributed by atoms with Gasteiger partial charge in [-0.05, 0) is 45.4 Å². The van der Waals surface area contributed by atoms with E-state index in [0.29, 0.717) is 0 Å². The number of hydrogen-bond donors (Lipinski definition) is 1. The smallest absolute Gasteiger partial charge is 0.269 e. The molecule has 3 rings (SSSR count). The fourth-order valence-corrected chi connectivity index (χ4v) is 5.20. The molecule has 0 radical (unpaired) electrons. The third kappa shape index (κ3) is 5.42. The number of carbonyl (C=O) groups is 3. The van der Waals surface area contributed by atoms with E-state index in [4.69, 9.17) is 0 Å². The fourth-order valence-electron chi connectivity index (χ4n) is 3.63. The fraction of sp³-hybridized carbons (Fsp3) is 0.375. The lowest BCUT2D eigenvalue weighted by Gasteiger charge is -2.32. The summed E-state index contributed by atoms with van der Waals surface area (Å²) in [6.07, 6.45) is -0.237. The van der Waals surface area contributed by atoms with E-state index in [1.165, 1.54) is 17.0 Å². The lowest BCUT2D eigenvalue weighted by Crippen LogP contribution is -2.52. The lowest BCUT2D eigenvalue weighted by atomic mass is 10.1. The van der Waals surface area contributed by atoms with Gasteiger partial charge in [-0.15, -0.1) is 0 Å². The highest BCUT2D eigenvalue weighted by molar-refractivity contribution is 7.90. The second kappa shape index (κ2) is 9.35. The van der Waals surface area contributed by atoms with Crippen LogP contribution in [-0.4, -0.2) is 53.5 Å². The van der Waals surface area contributed by atoms with E-state index in [9.17, 15) is 22.8 Å². The van der Waals surface area contributed by atoms with Crippen molar-refractivity contribution in [3.8, 4) is 0 Å². The van der Waals surface area contributed by atoms with Crippen LogP contribution in [0, 0.1) is 0 Å². The zero-order chi connectivity index (χ0) is 24.4. The molecule has 176 valence electrons. The van der Waals surface area contributed by atoms with Crippen LogP contribution in [0.25, 0.3) is 0 Å². The molecule has 1 N–H and O–H groups in total. The second-order valence-corrected chi connectivity index (χ2v) is 10.9. The summed E-state index contributed by atoms with van der Waals surface area (Å²) in [4.78, 5) is 40.0. The average Bonchev–Trinajstić information content (AvgIpc) is 2.95. The Kier molecular flexibility index (Phi) is 6.92. The maximum atomic E-state index is 13.2. The molecule has 0 saturated heterocycles. The van der Waals surface area contributed by atoms with Crippen LogP contribution in [0.5, 0.6) is 0 Å². The van der Waals surface area contributed by atoms with Crippen LogP contribution < -0.4 is 5.32 Å². The first kappa shape index (κ1) is 24.4. The largest absolute Gasteiger partial charge is 0.350 e. The Morgan fingerprint density at radius 3 is 2.24 bits per heavy atom. The molecule has 0 spiro atoms. The van der Waals surface area contributed by atoms with Crippen molar-refractivity contribution in [1.82, 2.24) is 14.5 Å². The van der Waals surface area contributed by atoms with Gasteiger partial charge in [0.2, 0.25) is 11.8 Å². The summed E-state index contributed by atoms with van der Waals surface area (Å²) in [5.41, 5.74) is 0.455. The van der Waals surface area contributed by atoms with Crippen molar-refractivity contribution in [2.24, 2.45) is 0 Å². The predicted molar refractivity (Wildman–Crippen MR) is 124 cm³/mol. The molecule has 8 nitrogen and oxygen atoms in total. The number of hydrogen-bond acceptors (Lipinski definition) is 5. The van der Waals surface area contributed by atoms with Crippen LogP contribution in [0.15, 0.2) is 59.5 Å². The van der Waals surface area contributed by atoms with E-state index in [2.05, 4.69) is 5.32 Å². The van der Waals surface area contributed by atoms with Crippen molar-refractivity contribution in [2.45, 2.75) is 57.1 Å².